The lowest BCUT2D eigenvalue weighted by Crippen LogP contribution is -2.07. The Morgan fingerprint density at radius 1 is 1.28 bits per heavy atom. The molecule has 8 heteroatoms. The quantitative estimate of drug-likeness (QED) is 0.454. The number of anilines is 1. The molecule has 0 aliphatic rings. The minimum absolute atomic E-state index is 0.0161. The standard InChI is InChI=1S/C17H16N2O6/c1-24-16-8-4-12(10-15(16)20)5-9-17(21)18-14-6-2-13(3-7-14)11-25-19(22)23/h2-10,20H,11H2,1H3,(H,18,21). The summed E-state index contributed by atoms with van der Waals surface area (Å²) >= 11 is 0. The molecule has 0 spiro atoms. The molecule has 130 valence electrons. The molecule has 0 heterocycles. The first-order valence-corrected chi connectivity index (χ1v) is 7.20. The number of carbonyl (C=O) groups is 1. The van der Waals surface area contributed by atoms with E-state index in [-0.39, 0.29) is 18.3 Å². The van der Waals surface area contributed by atoms with Gasteiger partial charge in [-0.1, -0.05) is 18.2 Å². The van der Waals surface area contributed by atoms with Crippen LogP contribution >= 0.6 is 0 Å². The summed E-state index contributed by atoms with van der Waals surface area (Å²) in [6.07, 6.45) is 2.87. The molecule has 0 radical (unpaired) electrons. The summed E-state index contributed by atoms with van der Waals surface area (Å²) in [6, 6.07) is 11.2. The fourth-order valence-electron chi connectivity index (χ4n) is 1.98. The Morgan fingerprint density at radius 2 is 2.00 bits per heavy atom. The average Bonchev–Trinajstić information content (AvgIpc) is 2.59. The van der Waals surface area contributed by atoms with Crippen molar-refractivity contribution in [2.75, 3.05) is 12.4 Å². The lowest BCUT2D eigenvalue weighted by molar-refractivity contribution is -0.763. The summed E-state index contributed by atoms with van der Waals surface area (Å²) in [6.45, 7) is -0.151. The zero-order chi connectivity index (χ0) is 18.2. The number of hydrogen-bond donors (Lipinski definition) is 2. The molecular formula is C17H16N2O6. The molecule has 2 aromatic rings. The molecule has 0 aliphatic carbocycles. The van der Waals surface area contributed by atoms with Crippen molar-refractivity contribution in [3.05, 3.63) is 69.8 Å². The highest BCUT2D eigenvalue weighted by molar-refractivity contribution is 6.01. The van der Waals surface area contributed by atoms with Crippen molar-refractivity contribution < 1.29 is 24.6 Å². The second-order valence-corrected chi connectivity index (χ2v) is 4.95. The number of phenolic OH excluding ortho intramolecular Hbond substituents is 1. The fourth-order valence-corrected chi connectivity index (χ4v) is 1.98. The van der Waals surface area contributed by atoms with Crippen LogP contribution in [0.3, 0.4) is 0 Å². The third kappa shape index (κ3) is 5.54. The molecule has 0 aliphatic heterocycles. The molecule has 0 saturated carbocycles. The summed E-state index contributed by atoms with van der Waals surface area (Å²) in [7, 11) is 1.45. The van der Waals surface area contributed by atoms with E-state index in [1.165, 1.54) is 19.3 Å². The zero-order valence-corrected chi connectivity index (χ0v) is 13.3. The minimum Gasteiger partial charge on any atom is -0.504 e. The second kappa shape index (κ2) is 8.34. The van der Waals surface area contributed by atoms with Crippen LogP contribution in [0.2, 0.25) is 0 Å². The molecule has 2 rings (SSSR count). The van der Waals surface area contributed by atoms with Crippen LogP contribution in [0.1, 0.15) is 11.1 Å². The van der Waals surface area contributed by atoms with Gasteiger partial charge < -0.3 is 20.0 Å². The molecule has 0 aromatic heterocycles. The van der Waals surface area contributed by atoms with Crippen LogP contribution in [0.4, 0.5) is 5.69 Å². The normalized spacial score (nSPS) is 10.4. The van der Waals surface area contributed by atoms with Crippen molar-refractivity contribution in [3.63, 3.8) is 0 Å². The van der Waals surface area contributed by atoms with Crippen molar-refractivity contribution in [2.24, 2.45) is 0 Å². The molecule has 0 unspecified atom stereocenters. The number of nitrogens with one attached hydrogen (secondary N) is 1. The zero-order valence-electron chi connectivity index (χ0n) is 13.3. The number of carbonyl (C=O) groups excluding carboxylic acids is 1. The monoisotopic (exact) mass is 344 g/mol. The summed E-state index contributed by atoms with van der Waals surface area (Å²) in [4.78, 5) is 26.3. The smallest absolute Gasteiger partial charge is 0.294 e. The molecule has 8 nitrogen and oxygen atoms in total. The number of benzene rings is 2. The highest BCUT2D eigenvalue weighted by atomic mass is 16.9. The van der Waals surface area contributed by atoms with Gasteiger partial charge in [-0.25, -0.2) is 0 Å². The van der Waals surface area contributed by atoms with Gasteiger partial charge in [0, 0.05) is 11.8 Å². The van der Waals surface area contributed by atoms with Gasteiger partial charge in [0.2, 0.25) is 5.91 Å². The van der Waals surface area contributed by atoms with Gasteiger partial charge in [-0.2, -0.15) is 0 Å². The van der Waals surface area contributed by atoms with Gasteiger partial charge in [0.15, 0.2) is 11.5 Å². The van der Waals surface area contributed by atoms with E-state index >= 15 is 0 Å². The maximum atomic E-state index is 11.9. The van der Waals surface area contributed by atoms with Crippen molar-refractivity contribution in [2.45, 2.75) is 6.61 Å². The lowest BCUT2D eigenvalue weighted by atomic mass is 10.2. The van der Waals surface area contributed by atoms with Crippen LogP contribution in [0, 0.1) is 10.1 Å². The molecule has 0 saturated heterocycles. The van der Waals surface area contributed by atoms with Gasteiger partial charge in [0.25, 0.3) is 5.09 Å². The van der Waals surface area contributed by atoms with Crippen LogP contribution in [0.5, 0.6) is 11.5 Å². The SMILES string of the molecule is COc1ccc(C=CC(=O)Nc2ccc(CO[N+](=O)[O-])cc2)cc1O. The first-order valence-electron chi connectivity index (χ1n) is 7.20. The van der Waals surface area contributed by atoms with E-state index in [1.807, 2.05) is 0 Å². The average molecular weight is 344 g/mol. The van der Waals surface area contributed by atoms with E-state index in [9.17, 15) is 20.0 Å². The number of hydrogen-bond acceptors (Lipinski definition) is 6. The Bertz CT molecular complexity index is 786. The second-order valence-electron chi connectivity index (χ2n) is 4.95. The van der Waals surface area contributed by atoms with Gasteiger partial charge in [-0.15, -0.1) is 10.1 Å². The lowest BCUT2D eigenvalue weighted by Gasteiger charge is -2.05. The summed E-state index contributed by atoms with van der Waals surface area (Å²) in [5.74, 6) is -0.0232. The van der Waals surface area contributed by atoms with Crippen molar-refractivity contribution in [3.8, 4) is 11.5 Å². The van der Waals surface area contributed by atoms with Crippen molar-refractivity contribution >= 4 is 17.7 Å². The Labute approximate surface area is 143 Å². The minimum atomic E-state index is -0.864. The van der Waals surface area contributed by atoms with Crippen LogP contribution in [-0.4, -0.2) is 23.2 Å². The number of ether oxygens (including phenoxy) is 1. The third-order valence-corrected chi connectivity index (χ3v) is 3.19. The predicted molar refractivity (Wildman–Crippen MR) is 90.5 cm³/mol. The van der Waals surface area contributed by atoms with Gasteiger partial charge in [-0.05, 0) is 41.5 Å². The molecule has 2 aromatic carbocycles. The van der Waals surface area contributed by atoms with Crippen LogP contribution in [0.25, 0.3) is 6.08 Å². The van der Waals surface area contributed by atoms with Gasteiger partial charge in [0.05, 0.1) is 7.11 Å². The number of rotatable bonds is 7. The maximum absolute atomic E-state index is 11.9. The Morgan fingerprint density at radius 3 is 2.60 bits per heavy atom. The largest absolute Gasteiger partial charge is 0.504 e. The van der Waals surface area contributed by atoms with Crippen molar-refractivity contribution in [1.82, 2.24) is 0 Å². The van der Waals surface area contributed by atoms with Crippen molar-refractivity contribution in [1.29, 1.82) is 0 Å². The van der Waals surface area contributed by atoms with E-state index < -0.39 is 5.09 Å². The molecule has 2 N–H and O–H groups in total. The molecule has 25 heavy (non-hydrogen) atoms. The molecule has 0 bridgehead atoms. The number of methoxy groups -OCH3 is 1. The molecule has 1 amide bonds. The Kier molecular flexibility index (Phi) is 5.94. The van der Waals surface area contributed by atoms with Crippen LogP contribution < -0.4 is 10.1 Å². The van der Waals surface area contributed by atoms with Gasteiger partial charge in [0.1, 0.15) is 6.61 Å². The fraction of sp³-hybridized carbons (Fsp3) is 0.118. The Balaban J connectivity index is 1.93. The van der Waals surface area contributed by atoms with E-state index in [0.717, 1.165) is 0 Å². The van der Waals surface area contributed by atoms with E-state index in [4.69, 9.17) is 4.74 Å². The van der Waals surface area contributed by atoms with E-state index in [1.54, 1.807) is 42.5 Å². The molecule has 0 fully saturated rings. The first kappa shape index (κ1) is 17.8. The first-order chi connectivity index (χ1) is 12.0. The maximum Gasteiger partial charge on any atom is 0.294 e. The summed E-state index contributed by atoms with van der Waals surface area (Å²) < 4.78 is 4.94. The number of nitrogens with zero attached hydrogens (tertiary/aromatic N) is 1. The molecular weight excluding hydrogens is 328 g/mol. The summed E-state index contributed by atoms with van der Waals surface area (Å²) in [5.41, 5.74) is 1.79. The third-order valence-electron chi connectivity index (χ3n) is 3.19. The van der Waals surface area contributed by atoms with Crippen LogP contribution in [-0.2, 0) is 16.2 Å². The predicted octanol–water partition coefficient (Wildman–Crippen LogP) is 2.76. The highest BCUT2D eigenvalue weighted by Crippen LogP contribution is 2.26. The highest BCUT2D eigenvalue weighted by Gasteiger charge is 2.03. The van der Waals surface area contributed by atoms with E-state index in [2.05, 4.69) is 10.2 Å². The van der Waals surface area contributed by atoms with E-state index in [0.29, 0.717) is 22.6 Å². The van der Waals surface area contributed by atoms with Gasteiger partial charge >= 0.3 is 0 Å². The van der Waals surface area contributed by atoms with Crippen LogP contribution in [0.15, 0.2) is 48.5 Å². The Hall–Kier alpha value is -3.55. The topological polar surface area (TPSA) is 111 Å². The number of phenols is 1. The molecule has 0 atom stereocenters. The summed E-state index contributed by atoms with van der Waals surface area (Å²) in [5, 5.41) is 21.6. The number of aromatic hydroxyl groups is 1. The van der Waals surface area contributed by atoms with Gasteiger partial charge in [-0.3, -0.25) is 4.79 Å². The number of amides is 1.